The molecule has 3 rings (SSSR count). The summed E-state index contributed by atoms with van der Waals surface area (Å²) in [6.07, 6.45) is 0.703. The second kappa shape index (κ2) is 15.0. The lowest BCUT2D eigenvalue weighted by Crippen LogP contribution is -2.07. The fourth-order valence-electron chi connectivity index (χ4n) is 2.79. The van der Waals surface area contributed by atoms with Crippen LogP contribution in [0, 0.1) is 13.8 Å². The van der Waals surface area contributed by atoms with E-state index in [1.807, 2.05) is 45.0 Å². The minimum atomic E-state index is -0.991. The number of hydrogen-bond acceptors (Lipinski definition) is 8. The molecule has 0 aliphatic rings. The van der Waals surface area contributed by atoms with Gasteiger partial charge in [0.2, 0.25) is 5.95 Å². The molecule has 4 N–H and O–H groups in total. The van der Waals surface area contributed by atoms with E-state index in [-0.39, 0.29) is 31.1 Å². The molecule has 0 aliphatic heterocycles. The van der Waals surface area contributed by atoms with Crippen molar-refractivity contribution in [2.24, 2.45) is 0 Å². The number of esters is 1. The first kappa shape index (κ1) is 29.0. The normalized spacial score (nSPS) is 9.74. The highest BCUT2D eigenvalue weighted by Crippen LogP contribution is 2.24. The Bertz CT molecular complexity index is 1080. The van der Waals surface area contributed by atoms with Gasteiger partial charge in [-0.25, -0.2) is 4.98 Å². The summed E-state index contributed by atoms with van der Waals surface area (Å²) in [6, 6.07) is 12.8. The molecule has 0 bridgehead atoms. The zero-order chi connectivity index (χ0) is 26.4. The molecule has 0 atom stereocenters. The summed E-state index contributed by atoms with van der Waals surface area (Å²) in [7, 11) is 0. The summed E-state index contributed by atoms with van der Waals surface area (Å²) >= 11 is 0. The third kappa shape index (κ3) is 10.6. The van der Waals surface area contributed by atoms with E-state index < -0.39 is 11.9 Å². The van der Waals surface area contributed by atoms with Crippen molar-refractivity contribution in [3.63, 3.8) is 0 Å². The minimum absolute atomic E-state index is 0.0810. The Morgan fingerprint density at radius 1 is 0.943 bits per heavy atom. The second-order valence-electron chi connectivity index (χ2n) is 7.29. The molecule has 0 amide bonds. The number of rotatable bonds is 7. The number of nitrogens with two attached hydrogens (primary N) is 1. The average Bonchev–Trinajstić information content (AvgIpc) is 2.84. The number of aromatic hydroxyl groups is 1. The van der Waals surface area contributed by atoms with Gasteiger partial charge in [-0.15, -0.1) is 0 Å². The first-order valence-corrected chi connectivity index (χ1v) is 11.4. The number of ether oxygens (including phenoxy) is 1. The maximum atomic E-state index is 11.2. The van der Waals surface area contributed by atoms with Gasteiger partial charge in [-0.1, -0.05) is 51.1 Å². The SMILES string of the molecule is CC.CCc1ccc(COC(=O)CCC(=O)O)cc1.Cc1nc(N)nc(-c2cc(O)ccc2C)n1. The number of carbonyl (C=O) groups excluding carboxylic acids is 1. The van der Waals surface area contributed by atoms with Crippen molar-refractivity contribution in [1.82, 2.24) is 15.0 Å². The van der Waals surface area contributed by atoms with Gasteiger partial charge in [-0.05, 0) is 49.1 Å². The topological polar surface area (TPSA) is 149 Å². The van der Waals surface area contributed by atoms with Gasteiger partial charge in [0.25, 0.3) is 0 Å². The molecule has 9 heteroatoms. The molecule has 0 radical (unpaired) electrons. The van der Waals surface area contributed by atoms with Crippen LogP contribution in [0.4, 0.5) is 5.95 Å². The number of nitrogen functional groups attached to an aromatic ring is 1. The summed E-state index contributed by atoms with van der Waals surface area (Å²) in [6.45, 7) is 9.94. The number of carbonyl (C=O) groups is 2. The molecule has 1 aromatic heterocycles. The molecule has 0 aliphatic carbocycles. The molecular weight excluding hydrogens is 448 g/mol. The third-order valence-electron chi connectivity index (χ3n) is 4.60. The van der Waals surface area contributed by atoms with Gasteiger partial charge in [0, 0.05) is 5.56 Å². The summed E-state index contributed by atoms with van der Waals surface area (Å²) in [5, 5.41) is 17.8. The molecule has 0 fully saturated rings. The van der Waals surface area contributed by atoms with Crippen LogP contribution in [0.3, 0.4) is 0 Å². The van der Waals surface area contributed by atoms with Gasteiger partial charge in [-0.2, -0.15) is 9.97 Å². The van der Waals surface area contributed by atoms with Crippen molar-refractivity contribution in [3.05, 3.63) is 65.0 Å². The number of phenols is 1. The van der Waals surface area contributed by atoms with Crippen LogP contribution in [0.25, 0.3) is 11.4 Å². The first-order chi connectivity index (χ1) is 16.7. The van der Waals surface area contributed by atoms with Crippen LogP contribution in [0.5, 0.6) is 5.75 Å². The van der Waals surface area contributed by atoms with E-state index in [0.29, 0.717) is 11.6 Å². The number of aromatic nitrogens is 3. The third-order valence-corrected chi connectivity index (χ3v) is 4.60. The predicted molar refractivity (Wildman–Crippen MR) is 135 cm³/mol. The molecule has 2 aromatic carbocycles. The van der Waals surface area contributed by atoms with Gasteiger partial charge in [0.1, 0.15) is 18.2 Å². The van der Waals surface area contributed by atoms with Crippen LogP contribution in [0.1, 0.15) is 56.1 Å². The summed E-state index contributed by atoms with van der Waals surface area (Å²) in [4.78, 5) is 33.5. The maximum Gasteiger partial charge on any atom is 0.306 e. The fourth-order valence-corrected chi connectivity index (χ4v) is 2.79. The van der Waals surface area contributed by atoms with Crippen LogP contribution in [-0.2, 0) is 27.4 Å². The van der Waals surface area contributed by atoms with Crippen molar-refractivity contribution in [3.8, 4) is 17.1 Å². The molecule has 3 aromatic rings. The highest BCUT2D eigenvalue weighted by atomic mass is 16.5. The van der Waals surface area contributed by atoms with E-state index in [1.54, 1.807) is 25.1 Å². The number of aryl methyl sites for hydroxylation is 3. The lowest BCUT2D eigenvalue weighted by molar-refractivity contribution is -0.148. The van der Waals surface area contributed by atoms with Crippen LogP contribution in [0.15, 0.2) is 42.5 Å². The molecule has 1 heterocycles. The lowest BCUT2D eigenvalue weighted by Gasteiger charge is -2.06. The van der Waals surface area contributed by atoms with Crippen molar-refractivity contribution in [2.45, 2.75) is 60.5 Å². The molecule has 35 heavy (non-hydrogen) atoms. The summed E-state index contributed by atoms with van der Waals surface area (Å²) in [5.74, 6) is -0.0626. The number of carboxylic acid groups (broad SMARTS) is 1. The molecule has 9 nitrogen and oxygen atoms in total. The number of anilines is 1. The molecule has 188 valence electrons. The van der Waals surface area contributed by atoms with Crippen LogP contribution in [-0.4, -0.2) is 37.1 Å². The minimum Gasteiger partial charge on any atom is -0.508 e. The number of benzene rings is 2. The lowest BCUT2D eigenvalue weighted by atomic mass is 10.1. The average molecular weight is 483 g/mol. The van der Waals surface area contributed by atoms with E-state index in [2.05, 4.69) is 21.9 Å². The maximum absolute atomic E-state index is 11.2. The Labute approximate surface area is 206 Å². The molecular formula is C26H34N4O5. The monoisotopic (exact) mass is 482 g/mol. The highest BCUT2D eigenvalue weighted by Gasteiger charge is 2.08. The van der Waals surface area contributed by atoms with E-state index in [4.69, 9.17) is 15.6 Å². The fraction of sp³-hybridized carbons (Fsp3) is 0.346. The van der Waals surface area contributed by atoms with E-state index in [9.17, 15) is 14.7 Å². The number of aliphatic carboxylic acids is 1. The molecule has 0 spiro atoms. The standard InChI is InChI=1S/C13H16O4.C11H12N4O.C2H6/c1-2-10-3-5-11(6-4-10)9-17-13(16)8-7-12(14)15;1-6-3-4-8(16)5-9(6)10-13-7(2)14-11(12)15-10;1-2/h3-6H,2,7-9H2,1H3,(H,14,15);3-5,16H,1-2H3,(H2,12,13,14,15);1-2H3. The number of nitrogens with zero attached hydrogens (tertiary/aromatic N) is 3. The zero-order valence-electron chi connectivity index (χ0n) is 20.9. The van der Waals surface area contributed by atoms with Crippen molar-refractivity contribution in [1.29, 1.82) is 0 Å². The first-order valence-electron chi connectivity index (χ1n) is 11.4. The largest absolute Gasteiger partial charge is 0.508 e. The van der Waals surface area contributed by atoms with Crippen molar-refractivity contribution < 1.29 is 24.5 Å². The molecule has 0 saturated heterocycles. The quantitative estimate of drug-likeness (QED) is 0.410. The Morgan fingerprint density at radius 2 is 1.57 bits per heavy atom. The van der Waals surface area contributed by atoms with Gasteiger partial charge < -0.3 is 20.7 Å². The Hall–Kier alpha value is -4.01. The van der Waals surface area contributed by atoms with Gasteiger partial charge in [-0.3, -0.25) is 9.59 Å². The highest BCUT2D eigenvalue weighted by molar-refractivity contribution is 5.76. The molecule has 0 saturated carbocycles. The Balaban J connectivity index is 0.000000327. The van der Waals surface area contributed by atoms with Crippen LogP contribution in [0.2, 0.25) is 0 Å². The van der Waals surface area contributed by atoms with Crippen LogP contribution < -0.4 is 5.73 Å². The van der Waals surface area contributed by atoms with Crippen LogP contribution >= 0.6 is 0 Å². The summed E-state index contributed by atoms with van der Waals surface area (Å²) < 4.78 is 4.95. The second-order valence-corrected chi connectivity index (χ2v) is 7.29. The van der Waals surface area contributed by atoms with E-state index in [0.717, 1.165) is 23.1 Å². The van der Waals surface area contributed by atoms with Gasteiger partial charge in [0.15, 0.2) is 5.82 Å². The van der Waals surface area contributed by atoms with Crippen molar-refractivity contribution >= 4 is 17.9 Å². The number of carboxylic acids is 1. The number of hydrogen-bond donors (Lipinski definition) is 3. The number of phenolic OH excluding ortho intramolecular Hbond substituents is 1. The van der Waals surface area contributed by atoms with Gasteiger partial charge >= 0.3 is 11.9 Å². The predicted octanol–water partition coefficient (Wildman–Crippen LogP) is 4.63. The van der Waals surface area contributed by atoms with Gasteiger partial charge in [0.05, 0.1) is 12.8 Å². The van der Waals surface area contributed by atoms with E-state index >= 15 is 0 Å². The van der Waals surface area contributed by atoms with E-state index in [1.165, 1.54) is 5.56 Å². The van der Waals surface area contributed by atoms with Crippen molar-refractivity contribution in [2.75, 3.05) is 5.73 Å². The zero-order valence-corrected chi connectivity index (χ0v) is 20.9. The smallest absolute Gasteiger partial charge is 0.306 e. The Morgan fingerprint density at radius 3 is 2.14 bits per heavy atom. The Kier molecular flexibility index (Phi) is 12.4. The molecule has 0 unspecified atom stereocenters. The summed E-state index contributed by atoms with van der Waals surface area (Å²) in [5.41, 5.74) is 9.43.